The highest BCUT2D eigenvalue weighted by Crippen LogP contribution is 2.28. The lowest BCUT2D eigenvalue weighted by atomic mass is 9.85. The number of allylic oxidation sites excluding steroid dienone is 4. The summed E-state index contributed by atoms with van der Waals surface area (Å²) in [5, 5.41) is 16.9. The van der Waals surface area contributed by atoms with E-state index in [-0.39, 0.29) is 34.9 Å². The molecule has 1 aliphatic carbocycles. The number of amides is 2. The smallest absolute Gasteiger partial charge is 0.405 e. The van der Waals surface area contributed by atoms with E-state index in [0.717, 1.165) is 12.5 Å². The van der Waals surface area contributed by atoms with E-state index in [2.05, 4.69) is 10.6 Å². The predicted molar refractivity (Wildman–Crippen MR) is 158 cm³/mol. The molecule has 11 nitrogen and oxygen atoms in total. The Bertz CT molecular complexity index is 1180. The van der Waals surface area contributed by atoms with Gasteiger partial charge in [0, 0.05) is 43.9 Å². The SMILES string of the molecule is CCCNC1=C2CC(C)CC(OC)[C@@H](O)[C@H](C)/C=C(\C)[C@@H](OC(N)=O)[C@@H](OC)/C=C\C=C(/C)C(=O)NC(=CC1=O)C2=O. The van der Waals surface area contributed by atoms with Gasteiger partial charge < -0.3 is 35.7 Å². The van der Waals surface area contributed by atoms with Crippen molar-refractivity contribution < 1.29 is 38.5 Å². The van der Waals surface area contributed by atoms with Crippen LogP contribution in [-0.4, -0.2) is 73.9 Å². The number of aliphatic hydroxyl groups excluding tert-OH is 1. The van der Waals surface area contributed by atoms with Gasteiger partial charge in [-0.25, -0.2) is 4.79 Å². The van der Waals surface area contributed by atoms with Crippen molar-refractivity contribution in [1.29, 1.82) is 0 Å². The molecule has 232 valence electrons. The first-order chi connectivity index (χ1) is 19.8. The number of ether oxygens (including phenoxy) is 3. The average Bonchev–Trinajstić information content (AvgIpc) is 2.94. The first-order valence-electron chi connectivity index (χ1n) is 14.2. The monoisotopic (exact) mass is 587 g/mol. The Morgan fingerprint density at radius 2 is 1.86 bits per heavy atom. The average molecular weight is 588 g/mol. The molecule has 0 saturated carbocycles. The lowest BCUT2D eigenvalue weighted by molar-refractivity contribution is -0.120. The predicted octanol–water partition coefficient (Wildman–Crippen LogP) is 2.76. The van der Waals surface area contributed by atoms with Crippen molar-refractivity contribution in [2.75, 3.05) is 20.8 Å². The fourth-order valence-corrected chi connectivity index (χ4v) is 5.03. The largest absolute Gasteiger partial charge is 0.439 e. The number of rotatable bonds is 6. The maximum absolute atomic E-state index is 13.6. The summed E-state index contributed by atoms with van der Waals surface area (Å²) in [4.78, 5) is 51.4. The van der Waals surface area contributed by atoms with Gasteiger partial charge >= 0.3 is 6.09 Å². The lowest BCUT2D eigenvalue weighted by Gasteiger charge is -2.30. The van der Waals surface area contributed by atoms with Crippen molar-refractivity contribution in [3.63, 3.8) is 0 Å². The van der Waals surface area contributed by atoms with Crippen LogP contribution in [-0.2, 0) is 28.6 Å². The number of Topliss-reactive ketones (excluding diaryl/α,β-unsaturated/α-hetero) is 1. The first-order valence-corrected chi connectivity index (χ1v) is 14.2. The van der Waals surface area contributed by atoms with Gasteiger partial charge in [0.2, 0.25) is 11.6 Å². The second-order valence-corrected chi connectivity index (χ2v) is 10.9. The summed E-state index contributed by atoms with van der Waals surface area (Å²) in [5.74, 6) is -2.01. The minimum absolute atomic E-state index is 0.106. The van der Waals surface area contributed by atoms with Gasteiger partial charge in [0.25, 0.3) is 5.91 Å². The normalized spacial score (nSPS) is 31.7. The second-order valence-electron chi connectivity index (χ2n) is 10.9. The highest BCUT2D eigenvalue weighted by Gasteiger charge is 2.33. The Morgan fingerprint density at radius 3 is 2.45 bits per heavy atom. The van der Waals surface area contributed by atoms with Crippen LogP contribution < -0.4 is 16.4 Å². The summed E-state index contributed by atoms with van der Waals surface area (Å²) < 4.78 is 16.6. The van der Waals surface area contributed by atoms with Crippen molar-refractivity contribution in [3.8, 4) is 0 Å². The highest BCUT2D eigenvalue weighted by atomic mass is 16.6. The van der Waals surface area contributed by atoms with Crippen molar-refractivity contribution in [2.45, 2.75) is 78.3 Å². The minimum Gasteiger partial charge on any atom is -0.439 e. The molecule has 0 saturated heterocycles. The van der Waals surface area contributed by atoms with Crippen LogP contribution in [0.15, 0.2) is 58.5 Å². The molecule has 0 aromatic carbocycles. The Labute approximate surface area is 247 Å². The van der Waals surface area contributed by atoms with Crippen LogP contribution in [0.25, 0.3) is 0 Å². The highest BCUT2D eigenvalue weighted by molar-refractivity contribution is 6.23. The number of nitrogens with one attached hydrogen (secondary N) is 2. The van der Waals surface area contributed by atoms with Gasteiger partial charge in [-0.05, 0) is 44.6 Å². The molecule has 42 heavy (non-hydrogen) atoms. The molecule has 0 spiro atoms. The summed E-state index contributed by atoms with van der Waals surface area (Å²) in [7, 11) is 2.94. The molecule has 0 aromatic rings. The molecule has 0 aromatic heterocycles. The van der Waals surface area contributed by atoms with Crippen molar-refractivity contribution in [3.05, 3.63) is 58.5 Å². The molecule has 2 amide bonds. The van der Waals surface area contributed by atoms with Crippen LogP contribution in [0.3, 0.4) is 0 Å². The maximum atomic E-state index is 13.6. The molecular formula is C31H45N3O8. The lowest BCUT2D eigenvalue weighted by Crippen LogP contribution is -2.38. The fraction of sp³-hybridized carbons (Fsp3) is 0.548. The zero-order valence-corrected chi connectivity index (χ0v) is 25.6. The van der Waals surface area contributed by atoms with Gasteiger partial charge in [0.15, 0.2) is 6.10 Å². The Kier molecular flexibility index (Phi) is 13.4. The molecule has 11 heteroatoms. The number of fused-ring (bicyclic) bond motifs is 2. The number of primary amides is 1. The standard InChI is InChI=1S/C31H45N3O8/c1-8-12-33-26-21-13-17(2)14-25(41-7)27(36)19(4)15-20(5)29(42-31(32)39)24(40-6)11-9-10-18(3)30(38)34-22(28(21)37)16-23(26)35/h9-11,15-17,19,24-25,27,29,33,36H,8,12-14H2,1-7H3,(H2,32,39)(H,34,38)/b11-9-,18-10+,20-15+/t17?,19-,24+,25?,27+,29-/m1/s1. The molecule has 1 aliphatic heterocycles. The Morgan fingerprint density at radius 1 is 1.17 bits per heavy atom. The number of hydrogen-bond donors (Lipinski definition) is 4. The zero-order valence-electron chi connectivity index (χ0n) is 25.6. The minimum atomic E-state index is -0.995. The molecule has 0 radical (unpaired) electrons. The number of carbonyl (C=O) groups excluding carboxylic acids is 4. The van der Waals surface area contributed by atoms with E-state index in [1.165, 1.54) is 20.3 Å². The van der Waals surface area contributed by atoms with Crippen LogP contribution in [0, 0.1) is 11.8 Å². The van der Waals surface area contributed by atoms with Crippen molar-refractivity contribution in [2.24, 2.45) is 17.6 Å². The summed E-state index contributed by atoms with van der Waals surface area (Å²) in [6, 6.07) is 0. The third kappa shape index (κ3) is 9.23. The van der Waals surface area contributed by atoms with Gasteiger partial charge in [0.05, 0.1) is 23.6 Å². The molecule has 1 heterocycles. The van der Waals surface area contributed by atoms with Gasteiger partial charge in [-0.15, -0.1) is 0 Å². The van der Waals surface area contributed by atoms with Crippen LogP contribution in [0.4, 0.5) is 4.79 Å². The van der Waals surface area contributed by atoms with Gasteiger partial charge in [0.1, 0.15) is 6.10 Å². The summed E-state index contributed by atoms with van der Waals surface area (Å²) >= 11 is 0. The molecule has 0 fully saturated rings. The molecule has 6 atom stereocenters. The fourth-order valence-electron chi connectivity index (χ4n) is 5.03. The van der Waals surface area contributed by atoms with E-state index < -0.39 is 53.9 Å². The second kappa shape index (κ2) is 16.2. The van der Waals surface area contributed by atoms with E-state index >= 15 is 0 Å². The molecule has 2 aliphatic rings. The van der Waals surface area contributed by atoms with Crippen LogP contribution in [0.1, 0.15) is 53.9 Å². The van der Waals surface area contributed by atoms with E-state index in [1.54, 1.807) is 32.1 Å². The van der Waals surface area contributed by atoms with Crippen molar-refractivity contribution in [1.82, 2.24) is 10.6 Å². The van der Waals surface area contributed by atoms with Crippen LogP contribution in [0.5, 0.6) is 0 Å². The molecule has 2 unspecified atom stereocenters. The van der Waals surface area contributed by atoms with E-state index in [4.69, 9.17) is 19.9 Å². The first kappa shape index (κ1) is 34.7. The third-order valence-corrected chi connectivity index (χ3v) is 7.35. The molecule has 5 N–H and O–H groups in total. The number of hydrogen-bond acceptors (Lipinski definition) is 9. The van der Waals surface area contributed by atoms with E-state index in [0.29, 0.717) is 18.5 Å². The van der Waals surface area contributed by atoms with Gasteiger partial charge in [-0.2, -0.15) is 0 Å². The number of nitrogens with two attached hydrogens (primary N) is 1. The maximum Gasteiger partial charge on any atom is 0.405 e. The van der Waals surface area contributed by atoms with Crippen LogP contribution in [0.2, 0.25) is 0 Å². The number of ketones is 2. The Hall–Kier alpha value is -3.54. The van der Waals surface area contributed by atoms with E-state index in [1.807, 2.05) is 20.8 Å². The van der Waals surface area contributed by atoms with Gasteiger partial charge in [-0.3, -0.25) is 14.4 Å². The summed E-state index contributed by atoms with van der Waals surface area (Å²) in [6.45, 7) is 9.47. The molecule has 2 rings (SSSR count). The zero-order chi connectivity index (χ0) is 31.6. The number of carbonyl (C=O) groups is 4. The Balaban J connectivity index is 2.61. The number of methoxy groups -OCH3 is 2. The van der Waals surface area contributed by atoms with Crippen LogP contribution >= 0.6 is 0 Å². The molecular weight excluding hydrogens is 542 g/mol. The topological polar surface area (TPSA) is 166 Å². The van der Waals surface area contributed by atoms with E-state index in [9.17, 15) is 24.3 Å². The van der Waals surface area contributed by atoms with Crippen molar-refractivity contribution >= 4 is 23.6 Å². The summed E-state index contributed by atoms with van der Waals surface area (Å²) in [5.41, 5.74) is 6.59. The summed E-state index contributed by atoms with van der Waals surface area (Å²) in [6.07, 6.45) is 4.69. The third-order valence-electron chi connectivity index (χ3n) is 7.35. The van der Waals surface area contributed by atoms with Gasteiger partial charge in [-0.1, -0.05) is 45.1 Å². The number of aliphatic hydroxyl groups is 1. The quantitative estimate of drug-likeness (QED) is 0.270. The molecule has 2 bridgehead atoms.